The maximum absolute atomic E-state index is 5.30. The van der Waals surface area contributed by atoms with Crippen LogP contribution in [0.5, 0.6) is 0 Å². The minimum Gasteiger partial charge on any atom is -0.345 e. The molecule has 0 heterocycles. The van der Waals surface area contributed by atoms with E-state index in [1.807, 2.05) is 30.3 Å². The van der Waals surface area contributed by atoms with E-state index >= 15 is 0 Å². The lowest BCUT2D eigenvalue weighted by molar-refractivity contribution is 0.990. The van der Waals surface area contributed by atoms with Crippen molar-refractivity contribution in [1.82, 2.24) is 5.32 Å². The molecule has 0 radical (unpaired) electrons. The molecular weight excluding hydrogens is 258 g/mol. The Hall–Kier alpha value is -2.73. The Bertz CT molecular complexity index is 622. The zero-order chi connectivity index (χ0) is 14.9. The average Bonchev–Trinajstić information content (AvgIpc) is 2.52. The Balaban J connectivity index is 2.06. The summed E-state index contributed by atoms with van der Waals surface area (Å²) >= 11 is 0. The maximum atomic E-state index is 5.30. The van der Waals surface area contributed by atoms with Gasteiger partial charge in [-0.25, -0.2) is 4.99 Å². The number of guanidine groups is 1. The van der Waals surface area contributed by atoms with Crippen LogP contribution in [0.4, 0.5) is 5.69 Å². The summed E-state index contributed by atoms with van der Waals surface area (Å²) in [4.78, 5) is 4.56. The first-order chi connectivity index (χ1) is 10.3. The third kappa shape index (κ3) is 5.04. The van der Waals surface area contributed by atoms with E-state index in [9.17, 15) is 0 Å². The summed E-state index contributed by atoms with van der Waals surface area (Å²) in [6.45, 7) is 3.11. The minimum atomic E-state index is 0.437. The summed E-state index contributed by atoms with van der Waals surface area (Å²) < 4.78 is 0. The first-order valence-electron chi connectivity index (χ1n) is 6.87. The Kier molecular flexibility index (Phi) is 5.42. The van der Waals surface area contributed by atoms with E-state index in [-0.39, 0.29) is 0 Å². The molecule has 3 nitrogen and oxygen atoms in total. The van der Waals surface area contributed by atoms with E-state index in [0.29, 0.717) is 19.0 Å². The number of rotatable bonds is 4. The van der Waals surface area contributed by atoms with Crippen molar-refractivity contribution in [2.24, 2.45) is 4.99 Å². The van der Waals surface area contributed by atoms with Gasteiger partial charge in [0.15, 0.2) is 5.96 Å². The molecule has 0 atom stereocenters. The van der Waals surface area contributed by atoms with Crippen LogP contribution in [-0.2, 0) is 6.54 Å². The number of aliphatic imine (C=N–C) groups is 1. The van der Waals surface area contributed by atoms with E-state index in [4.69, 9.17) is 6.42 Å². The second-order valence-electron chi connectivity index (χ2n) is 4.70. The molecule has 0 aliphatic heterocycles. The highest BCUT2D eigenvalue weighted by Gasteiger charge is 1.99. The molecule has 0 fully saturated rings. The molecule has 0 aliphatic carbocycles. The van der Waals surface area contributed by atoms with E-state index < -0.39 is 0 Å². The fraction of sp³-hybridized carbons (Fsp3) is 0.167. The lowest BCUT2D eigenvalue weighted by atomic mass is 10.1. The fourth-order valence-electron chi connectivity index (χ4n) is 1.80. The predicted molar refractivity (Wildman–Crippen MR) is 89.2 cm³/mol. The molecule has 0 unspecified atom stereocenters. The van der Waals surface area contributed by atoms with Crippen LogP contribution in [0.3, 0.4) is 0 Å². The summed E-state index contributed by atoms with van der Waals surface area (Å²) in [5.74, 6) is 3.24. The van der Waals surface area contributed by atoms with Gasteiger partial charge in [0.25, 0.3) is 0 Å². The second-order valence-corrected chi connectivity index (χ2v) is 4.70. The highest BCUT2D eigenvalue weighted by Crippen LogP contribution is 2.07. The lowest BCUT2D eigenvalue weighted by Crippen LogP contribution is -2.31. The van der Waals surface area contributed by atoms with Gasteiger partial charge >= 0.3 is 0 Å². The van der Waals surface area contributed by atoms with Crippen LogP contribution in [0, 0.1) is 19.3 Å². The maximum Gasteiger partial charge on any atom is 0.196 e. The molecule has 21 heavy (non-hydrogen) atoms. The third-order valence-electron chi connectivity index (χ3n) is 2.93. The molecule has 2 aromatic carbocycles. The first-order valence-corrected chi connectivity index (χ1v) is 6.87. The molecule has 106 valence electrons. The molecule has 0 saturated heterocycles. The SMILES string of the molecule is C#CCNC(=NCc1ccc(C)cc1)Nc1ccccc1. The minimum absolute atomic E-state index is 0.437. The van der Waals surface area contributed by atoms with Gasteiger partial charge in [0, 0.05) is 5.69 Å². The predicted octanol–water partition coefficient (Wildman–Crippen LogP) is 3.19. The average molecular weight is 277 g/mol. The molecule has 0 aliphatic rings. The number of hydrogen-bond donors (Lipinski definition) is 2. The molecule has 0 aromatic heterocycles. The Morgan fingerprint density at radius 3 is 2.48 bits per heavy atom. The monoisotopic (exact) mass is 277 g/mol. The standard InChI is InChI=1S/C18H19N3/c1-3-13-19-18(21-17-7-5-4-6-8-17)20-14-16-11-9-15(2)10-12-16/h1,4-12H,13-14H2,2H3,(H2,19,20,21). The number of nitrogens with one attached hydrogen (secondary N) is 2. The molecular formula is C18H19N3. The van der Waals surface area contributed by atoms with Crippen LogP contribution in [0.2, 0.25) is 0 Å². The van der Waals surface area contributed by atoms with E-state index in [0.717, 1.165) is 11.3 Å². The van der Waals surface area contributed by atoms with E-state index in [1.165, 1.54) is 5.56 Å². The summed E-state index contributed by atoms with van der Waals surface area (Å²) in [6, 6.07) is 18.2. The second kappa shape index (κ2) is 7.76. The van der Waals surface area contributed by atoms with Crippen molar-refractivity contribution in [3.05, 3.63) is 65.7 Å². The van der Waals surface area contributed by atoms with Gasteiger partial charge < -0.3 is 10.6 Å². The highest BCUT2D eigenvalue weighted by atomic mass is 15.2. The zero-order valence-corrected chi connectivity index (χ0v) is 12.1. The van der Waals surface area contributed by atoms with E-state index in [2.05, 4.69) is 52.7 Å². The van der Waals surface area contributed by atoms with E-state index in [1.54, 1.807) is 0 Å². The Morgan fingerprint density at radius 2 is 1.81 bits per heavy atom. The Labute approximate surface area is 126 Å². The number of benzene rings is 2. The van der Waals surface area contributed by atoms with Crippen LogP contribution in [0.1, 0.15) is 11.1 Å². The summed E-state index contributed by atoms with van der Waals surface area (Å²) in [6.07, 6.45) is 5.30. The molecule has 0 spiro atoms. The van der Waals surface area contributed by atoms with Crippen molar-refractivity contribution in [1.29, 1.82) is 0 Å². The van der Waals surface area contributed by atoms with Gasteiger partial charge in [0.05, 0.1) is 13.1 Å². The number of anilines is 1. The molecule has 2 N–H and O–H groups in total. The van der Waals surface area contributed by atoms with Gasteiger partial charge in [-0.15, -0.1) is 6.42 Å². The van der Waals surface area contributed by atoms with Gasteiger partial charge in [0.2, 0.25) is 0 Å². The van der Waals surface area contributed by atoms with Crippen LogP contribution in [-0.4, -0.2) is 12.5 Å². The lowest BCUT2D eigenvalue weighted by Gasteiger charge is -2.11. The van der Waals surface area contributed by atoms with Gasteiger partial charge in [-0.2, -0.15) is 0 Å². The van der Waals surface area contributed by atoms with Gasteiger partial charge in [-0.1, -0.05) is 53.9 Å². The largest absolute Gasteiger partial charge is 0.345 e. The first kappa shape index (κ1) is 14.7. The topological polar surface area (TPSA) is 36.4 Å². The molecule has 3 heteroatoms. The highest BCUT2D eigenvalue weighted by molar-refractivity contribution is 5.93. The van der Waals surface area contributed by atoms with Crippen LogP contribution in [0.15, 0.2) is 59.6 Å². The summed E-state index contributed by atoms with van der Waals surface area (Å²) in [5.41, 5.74) is 3.39. The van der Waals surface area contributed by atoms with Crippen molar-refractivity contribution in [3.8, 4) is 12.3 Å². The van der Waals surface area contributed by atoms with Gasteiger partial charge in [-0.05, 0) is 24.6 Å². The molecule has 2 rings (SSSR count). The molecule has 0 saturated carbocycles. The third-order valence-corrected chi connectivity index (χ3v) is 2.93. The molecule has 0 amide bonds. The quantitative estimate of drug-likeness (QED) is 0.511. The van der Waals surface area contributed by atoms with Crippen molar-refractivity contribution in [3.63, 3.8) is 0 Å². The van der Waals surface area contributed by atoms with Gasteiger partial charge in [0.1, 0.15) is 0 Å². The van der Waals surface area contributed by atoms with Crippen molar-refractivity contribution < 1.29 is 0 Å². The fourth-order valence-corrected chi connectivity index (χ4v) is 1.80. The van der Waals surface area contributed by atoms with Crippen LogP contribution in [0.25, 0.3) is 0 Å². The summed E-state index contributed by atoms with van der Waals surface area (Å²) in [5, 5.41) is 6.34. The molecule has 2 aromatic rings. The zero-order valence-electron chi connectivity index (χ0n) is 12.1. The normalized spacial score (nSPS) is 10.8. The van der Waals surface area contributed by atoms with Crippen LogP contribution < -0.4 is 10.6 Å². The van der Waals surface area contributed by atoms with Gasteiger partial charge in [-0.3, -0.25) is 0 Å². The Morgan fingerprint density at radius 1 is 1.10 bits per heavy atom. The van der Waals surface area contributed by atoms with Crippen molar-refractivity contribution >= 4 is 11.6 Å². The number of terminal acetylenes is 1. The number of para-hydroxylation sites is 1. The van der Waals surface area contributed by atoms with Crippen molar-refractivity contribution in [2.45, 2.75) is 13.5 Å². The number of nitrogens with zero attached hydrogens (tertiary/aromatic N) is 1. The number of hydrogen-bond acceptors (Lipinski definition) is 1. The van der Waals surface area contributed by atoms with Crippen molar-refractivity contribution in [2.75, 3.05) is 11.9 Å². The smallest absolute Gasteiger partial charge is 0.196 e. The molecule has 0 bridgehead atoms. The van der Waals surface area contributed by atoms with Crippen LogP contribution >= 0.6 is 0 Å². The number of aryl methyl sites for hydroxylation is 1. The summed E-state index contributed by atoms with van der Waals surface area (Å²) in [7, 11) is 0.